The minimum absolute atomic E-state index is 0.149. The zero-order valence-corrected chi connectivity index (χ0v) is 18.9. The number of thioether (sulfide) groups is 1. The lowest BCUT2D eigenvalue weighted by atomic mass is 10.2. The highest BCUT2D eigenvalue weighted by atomic mass is 35.5. The van der Waals surface area contributed by atoms with Gasteiger partial charge in [0, 0.05) is 23.3 Å². The summed E-state index contributed by atoms with van der Waals surface area (Å²) in [5, 5.41) is 15.0. The molecule has 9 nitrogen and oxygen atoms in total. The Bertz CT molecular complexity index is 1180. The number of nitrogens with zero attached hydrogens (tertiary/aromatic N) is 3. The maximum absolute atomic E-state index is 12.4. The Morgan fingerprint density at radius 1 is 1.16 bits per heavy atom. The van der Waals surface area contributed by atoms with Crippen molar-refractivity contribution >= 4 is 40.9 Å². The van der Waals surface area contributed by atoms with Crippen molar-refractivity contribution in [3.05, 3.63) is 58.4 Å². The van der Waals surface area contributed by atoms with E-state index >= 15 is 0 Å². The van der Waals surface area contributed by atoms with Gasteiger partial charge in [-0.3, -0.25) is 9.59 Å². The van der Waals surface area contributed by atoms with Crippen molar-refractivity contribution in [2.45, 2.75) is 18.6 Å². The molecule has 2 aromatic carbocycles. The Hall–Kier alpha value is -3.24. The number of fused-ring (bicyclic) bond motifs is 1. The highest BCUT2D eigenvalue weighted by Crippen LogP contribution is 2.32. The summed E-state index contributed by atoms with van der Waals surface area (Å²) in [5.41, 5.74) is 2.05. The summed E-state index contributed by atoms with van der Waals surface area (Å²) in [6.07, 6.45) is 0. The molecule has 2 heterocycles. The van der Waals surface area contributed by atoms with Crippen molar-refractivity contribution in [1.29, 1.82) is 0 Å². The molecular formula is C21H20ClN5O4S. The zero-order valence-electron chi connectivity index (χ0n) is 17.3. The highest BCUT2D eigenvalue weighted by Gasteiger charge is 2.17. The molecule has 4 rings (SSSR count). The lowest BCUT2D eigenvalue weighted by Gasteiger charge is -2.09. The van der Waals surface area contributed by atoms with E-state index in [4.69, 9.17) is 21.1 Å². The summed E-state index contributed by atoms with van der Waals surface area (Å²) in [6.45, 7) is 2.23. The fourth-order valence-electron chi connectivity index (χ4n) is 2.97. The van der Waals surface area contributed by atoms with Crippen LogP contribution in [0.2, 0.25) is 5.02 Å². The maximum atomic E-state index is 12.4. The summed E-state index contributed by atoms with van der Waals surface area (Å²) in [5.74, 6) is 1.43. The Kier molecular flexibility index (Phi) is 6.52. The van der Waals surface area contributed by atoms with E-state index in [0.717, 1.165) is 5.56 Å². The van der Waals surface area contributed by atoms with E-state index in [9.17, 15) is 9.59 Å². The number of ether oxygens (including phenoxy) is 2. The van der Waals surface area contributed by atoms with Gasteiger partial charge in [0.2, 0.25) is 12.7 Å². The van der Waals surface area contributed by atoms with Crippen LogP contribution in [0.25, 0.3) is 0 Å². The normalized spacial score (nSPS) is 12.0. The van der Waals surface area contributed by atoms with Crippen LogP contribution in [0.5, 0.6) is 11.5 Å². The van der Waals surface area contributed by atoms with E-state index in [1.54, 1.807) is 41.9 Å². The minimum atomic E-state index is -0.267. The predicted octanol–water partition coefficient (Wildman–Crippen LogP) is 3.17. The van der Waals surface area contributed by atoms with Crippen LogP contribution in [-0.4, -0.2) is 39.1 Å². The van der Waals surface area contributed by atoms with E-state index in [2.05, 4.69) is 20.8 Å². The quantitative estimate of drug-likeness (QED) is 0.507. The number of benzene rings is 2. The van der Waals surface area contributed by atoms with Crippen LogP contribution in [-0.2, 0) is 18.4 Å². The molecule has 0 atom stereocenters. The summed E-state index contributed by atoms with van der Waals surface area (Å²) in [7, 11) is 1.78. The molecule has 32 heavy (non-hydrogen) atoms. The summed E-state index contributed by atoms with van der Waals surface area (Å²) in [6, 6.07) is 10.3. The number of aromatic nitrogens is 3. The molecule has 1 aliphatic heterocycles. The summed E-state index contributed by atoms with van der Waals surface area (Å²) < 4.78 is 12.3. The topological polar surface area (TPSA) is 107 Å². The molecule has 0 unspecified atom stereocenters. The second-order valence-corrected chi connectivity index (χ2v) is 8.38. The molecule has 1 aromatic heterocycles. The number of carbonyl (C=O) groups excluding carboxylic acids is 2. The average molecular weight is 474 g/mol. The second-order valence-electron chi connectivity index (χ2n) is 7.00. The number of nitrogens with one attached hydrogen (secondary N) is 2. The molecule has 0 aliphatic carbocycles. The van der Waals surface area contributed by atoms with Gasteiger partial charge < -0.3 is 24.7 Å². The number of carbonyl (C=O) groups is 2. The Morgan fingerprint density at radius 3 is 2.81 bits per heavy atom. The second kappa shape index (κ2) is 9.49. The predicted molar refractivity (Wildman–Crippen MR) is 120 cm³/mol. The van der Waals surface area contributed by atoms with Gasteiger partial charge in [0.05, 0.1) is 12.3 Å². The summed E-state index contributed by atoms with van der Waals surface area (Å²) >= 11 is 7.24. The third kappa shape index (κ3) is 4.97. The number of amides is 2. The molecule has 166 valence electrons. The monoisotopic (exact) mass is 473 g/mol. The molecule has 0 spiro atoms. The Balaban J connectivity index is 1.30. The first-order valence-corrected chi connectivity index (χ1v) is 11.0. The molecule has 0 saturated heterocycles. The van der Waals surface area contributed by atoms with Crippen molar-refractivity contribution in [3.63, 3.8) is 0 Å². The van der Waals surface area contributed by atoms with Gasteiger partial charge in [-0.05, 0) is 42.8 Å². The van der Waals surface area contributed by atoms with Crippen LogP contribution in [0, 0.1) is 6.92 Å². The van der Waals surface area contributed by atoms with E-state index < -0.39 is 0 Å². The molecule has 0 bridgehead atoms. The van der Waals surface area contributed by atoms with Crippen molar-refractivity contribution in [2.24, 2.45) is 7.05 Å². The minimum Gasteiger partial charge on any atom is -0.454 e. The van der Waals surface area contributed by atoms with Gasteiger partial charge in [0.25, 0.3) is 5.91 Å². The van der Waals surface area contributed by atoms with Crippen LogP contribution in [0.3, 0.4) is 0 Å². The Labute approximate surface area is 193 Å². The van der Waals surface area contributed by atoms with Crippen LogP contribution < -0.4 is 20.1 Å². The number of halogens is 1. The first kappa shape index (κ1) is 22.0. The summed E-state index contributed by atoms with van der Waals surface area (Å²) in [4.78, 5) is 24.8. The van der Waals surface area contributed by atoms with E-state index in [1.165, 1.54) is 11.8 Å². The molecule has 0 radical (unpaired) electrons. The average Bonchev–Trinajstić information content (AvgIpc) is 3.39. The van der Waals surface area contributed by atoms with Gasteiger partial charge in [-0.1, -0.05) is 29.4 Å². The van der Waals surface area contributed by atoms with E-state index in [-0.39, 0.29) is 30.9 Å². The third-order valence-electron chi connectivity index (χ3n) is 4.77. The third-order valence-corrected chi connectivity index (χ3v) is 6.03. The number of anilines is 1. The molecule has 11 heteroatoms. The lowest BCUT2D eigenvalue weighted by Crippen LogP contribution is -2.24. The van der Waals surface area contributed by atoms with Gasteiger partial charge in [-0.15, -0.1) is 10.2 Å². The van der Waals surface area contributed by atoms with Crippen molar-refractivity contribution < 1.29 is 19.1 Å². The number of aryl methyl sites for hydroxylation is 1. The lowest BCUT2D eigenvalue weighted by molar-refractivity contribution is -0.113. The first-order valence-electron chi connectivity index (χ1n) is 9.65. The SMILES string of the molecule is Cc1ccc(Cl)cc1NC(=O)CSc1nnc(CNC(=O)c2ccc3c(c2)OCO3)n1C. The Morgan fingerprint density at radius 2 is 1.97 bits per heavy atom. The van der Waals surface area contributed by atoms with Gasteiger partial charge in [-0.25, -0.2) is 0 Å². The number of hydrogen-bond acceptors (Lipinski definition) is 7. The van der Waals surface area contributed by atoms with E-state index in [1.807, 2.05) is 13.0 Å². The largest absolute Gasteiger partial charge is 0.454 e. The van der Waals surface area contributed by atoms with Crippen LogP contribution in [0.15, 0.2) is 41.6 Å². The van der Waals surface area contributed by atoms with Gasteiger partial charge in [0.15, 0.2) is 22.5 Å². The van der Waals surface area contributed by atoms with Crippen LogP contribution >= 0.6 is 23.4 Å². The van der Waals surface area contributed by atoms with Crippen molar-refractivity contribution in [2.75, 3.05) is 17.9 Å². The molecule has 0 saturated carbocycles. The fourth-order valence-corrected chi connectivity index (χ4v) is 3.87. The molecule has 1 aliphatic rings. The standard InChI is InChI=1S/C21H20ClN5O4S/c1-12-3-5-14(22)8-15(12)24-19(28)10-32-21-26-25-18(27(21)2)9-23-20(29)13-4-6-16-17(7-13)31-11-30-16/h3-8H,9-11H2,1-2H3,(H,23,29)(H,24,28). The van der Waals surface area contributed by atoms with E-state index in [0.29, 0.717) is 38.8 Å². The first-order chi connectivity index (χ1) is 15.4. The number of hydrogen-bond donors (Lipinski definition) is 2. The van der Waals surface area contributed by atoms with Gasteiger partial charge in [0.1, 0.15) is 0 Å². The highest BCUT2D eigenvalue weighted by molar-refractivity contribution is 7.99. The molecule has 2 amide bonds. The maximum Gasteiger partial charge on any atom is 0.251 e. The van der Waals surface area contributed by atoms with Crippen molar-refractivity contribution in [3.8, 4) is 11.5 Å². The van der Waals surface area contributed by atoms with Gasteiger partial charge in [-0.2, -0.15) is 0 Å². The molecule has 0 fully saturated rings. The molecule has 2 N–H and O–H groups in total. The van der Waals surface area contributed by atoms with Crippen molar-refractivity contribution in [1.82, 2.24) is 20.1 Å². The van der Waals surface area contributed by atoms with Crippen LogP contribution in [0.1, 0.15) is 21.7 Å². The fraction of sp³-hybridized carbons (Fsp3) is 0.238. The van der Waals surface area contributed by atoms with Gasteiger partial charge >= 0.3 is 0 Å². The zero-order chi connectivity index (χ0) is 22.7. The number of rotatable bonds is 7. The smallest absolute Gasteiger partial charge is 0.251 e. The molecule has 3 aromatic rings. The van der Waals surface area contributed by atoms with Crippen LogP contribution in [0.4, 0.5) is 5.69 Å². The molecular weight excluding hydrogens is 454 g/mol.